The Morgan fingerprint density at radius 1 is 0.915 bits per heavy atom. The van der Waals surface area contributed by atoms with Crippen molar-refractivity contribution in [3.63, 3.8) is 0 Å². The van der Waals surface area contributed by atoms with E-state index < -0.39 is 18.0 Å². The molecule has 0 spiro atoms. The first-order valence-corrected chi connectivity index (χ1v) is 20.2. The van der Waals surface area contributed by atoms with Crippen molar-refractivity contribution >= 4 is 40.5 Å². The maximum Gasteiger partial charge on any atom is 0.306 e. The van der Waals surface area contributed by atoms with Gasteiger partial charge in [-0.15, -0.1) is 0 Å². The van der Waals surface area contributed by atoms with Crippen molar-refractivity contribution in [2.45, 2.75) is 144 Å². The summed E-state index contributed by atoms with van der Waals surface area (Å²) in [7, 11) is 1.51. The van der Waals surface area contributed by atoms with Crippen LogP contribution in [0.2, 0.25) is 0 Å². The number of primary amides is 1. The lowest BCUT2D eigenvalue weighted by molar-refractivity contribution is -0.147. The molecule has 9 N–H and O–H groups in total. The normalized spacial score (nSPS) is 12.1. The van der Waals surface area contributed by atoms with Crippen LogP contribution in [0.4, 0.5) is 4.39 Å². The summed E-state index contributed by atoms with van der Waals surface area (Å²) in [6.45, 7) is 12.6. The Bertz CT molecular complexity index is 1710. The largest absolute Gasteiger partial charge is 0.463 e. The molecule has 2 aromatic carbocycles. The number of hydrogen-bond donors (Lipinski definition) is 6. The lowest BCUT2D eigenvalue weighted by Crippen LogP contribution is -2.52. The third kappa shape index (κ3) is 22.8. The van der Waals surface area contributed by atoms with E-state index >= 15 is 0 Å². The zero-order valence-corrected chi connectivity index (χ0v) is 35.5. The lowest BCUT2D eigenvalue weighted by Gasteiger charge is -2.20. The van der Waals surface area contributed by atoms with E-state index in [-0.39, 0.29) is 68.6 Å². The summed E-state index contributed by atoms with van der Waals surface area (Å²) in [4.78, 5) is 58.1. The van der Waals surface area contributed by atoms with E-state index in [4.69, 9.17) is 20.9 Å². The number of nitrogens with one attached hydrogen (secondary N) is 3. The summed E-state index contributed by atoms with van der Waals surface area (Å²) >= 11 is 0. The molecular formula is C44H72FN7O7. The van der Waals surface area contributed by atoms with Crippen LogP contribution in [-0.4, -0.2) is 78.7 Å². The van der Waals surface area contributed by atoms with E-state index in [1.54, 1.807) is 6.07 Å². The smallest absolute Gasteiger partial charge is 0.306 e. The van der Waals surface area contributed by atoms with Gasteiger partial charge in [0.05, 0.1) is 18.2 Å². The van der Waals surface area contributed by atoms with Crippen molar-refractivity contribution in [3.05, 3.63) is 71.2 Å². The average Bonchev–Trinajstić information content (AvgIpc) is 3.50. The Kier molecular flexibility index (Phi) is 27.7. The third-order valence-corrected chi connectivity index (χ3v) is 8.75. The summed E-state index contributed by atoms with van der Waals surface area (Å²) in [5.41, 5.74) is 19.7. The fourth-order valence-corrected chi connectivity index (χ4v) is 5.68. The van der Waals surface area contributed by atoms with Crippen LogP contribution in [0.25, 0.3) is 10.9 Å². The Morgan fingerprint density at radius 3 is 2.19 bits per heavy atom. The zero-order chi connectivity index (χ0) is 43.6. The Balaban J connectivity index is 0.00000207. The first-order chi connectivity index (χ1) is 27.5. The molecule has 3 rings (SSSR count). The molecule has 14 nitrogen and oxygen atoms in total. The number of esters is 1. The molecule has 0 saturated heterocycles. The van der Waals surface area contributed by atoms with Gasteiger partial charge in [0, 0.05) is 57.0 Å². The highest BCUT2D eigenvalue weighted by atomic mass is 19.1. The topological polar surface area (TPSA) is 223 Å². The van der Waals surface area contributed by atoms with E-state index in [0.717, 1.165) is 67.3 Å². The van der Waals surface area contributed by atoms with Crippen LogP contribution in [0.3, 0.4) is 0 Å². The van der Waals surface area contributed by atoms with Gasteiger partial charge in [-0.05, 0) is 94.3 Å². The van der Waals surface area contributed by atoms with Crippen LogP contribution in [0.5, 0.6) is 0 Å². The number of rotatable bonds is 22. The van der Waals surface area contributed by atoms with Crippen LogP contribution < -0.4 is 33.2 Å². The number of aromatic nitrogens is 1. The molecule has 0 saturated carbocycles. The van der Waals surface area contributed by atoms with E-state index in [0.29, 0.717) is 24.9 Å². The number of halogens is 1. The van der Waals surface area contributed by atoms with Gasteiger partial charge < -0.3 is 47.2 Å². The van der Waals surface area contributed by atoms with Gasteiger partial charge in [-0.1, -0.05) is 58.4 Å². The van der Waals surface area contributed by atoms with Crippen molar-refractivity contribution in [3.8, 4) is 0 Å². The quantitative estimate of drug-likeness (QED) is 0.0596. The van der Waals surface area contributed by atoms with Gasteiger partial charge >= 0.3 is 5.97 Å². The maximum absolute atomic E-state index is 14.3. The van der Waals surface area contributed by atoms with Gasteiger partial charge in [-0.3, -0.25) is 24.0 Å². The number of ether oxygens (including phenoxy) is 2. The van der Waals surface area contributed by atoms with Gasteiger partial charge in [-0.25, -0.2) is 4.39 Å². The number of amides is 4. The Morgan fingerprint density at radius 2 is 1.58 bits per heavy atom. The molecule has 332 valence electrons. The van der Waals surface area contributed by atoms with Gasteiger partial charge in [-0.2, -0.15) is 0 Å². The van der Waals surface area contributed by atoms with Crippen molar-refractivity contribution in [1.82, 2.24) is 20.5 Å². The number of carbonyl (C=O) groups excluding carboxylic acids is 5. The fourth-order valence-electron chi connectivity index (χ4n) is 5.68. The summed E-state index contributed by atoms with van der Waals surface area (Å²) < 4.78 is 26.7. The van der Waals surface area contributed by atoms with Crippen molar-refractivity contribution in [2.24, 2.45) is 17.2 Å². The summed E-state index contributed by atoms with van der Waals surface area (Å²) in [6.07, 6.45) is 8.65. The second-order valence-electron chi connectivity index (χ2n) is 14.4. The van der Waals surface area contributed by atoms with Gasteiger partial charge in [0.1, 0.15) is 18.5 Å². The van der Waals surface area contributed by atoms with Crippen molar-refractivity contribution in [2.75, 3.05) is 20.2 Å². The molecule has 59 heavy (non-hydrogen) atoms. The third-order valence-electron chi connectivity index (χ3n) is 8.75. The minimum atomic E-state index is -0.918. The molecule has 0 fully saturated rings. The van der Waals surface area contributed by atoms with Crippen LogP contribution >= 0.6 is 0 Å². The number of fused-ring (bicyclic) bond motifs is 1. The highest BCUT2D eigenvalue weighted by Crippen LogP contribution is 2.25. The van der Waals surface area contributed by atoms with Crippen molar-refractivity contribution < 1.29 is 37.8 Å². The second kappa shape index (κ2) is 30.2. The summed E-state index contributed by atoms with van der Waals surface area (Å²) in [6, 6.07) is 10.3. The minimum absolute atomic E-state index is 0. The molecule has 2 unspecified atom stereocenters. The highest BCUT2D eigenvalue weighted by molar-refractivity contribution is 5.91. The SMILES string of the molecule is C.CC(N)=O.CCC(C)OCC(=O)NCc1cccc(CC(N)C(=O)N[C@@H](Cc2cn(CCCCCCN)c3ccc(F)cc23)C(=O)NC)c1.CCCC(=O)OC(C)C. The molecule has 0 radical (unpaired) electrons. The average molecular weight is 830 g/mol. The molecule has 15 heteroatoms. The van der Waals surface area contributed by atoms with Gasteiger partial charge in [0.25, 0.3) is 0 Å². The van der Waals surface area contributed by atoms with E-state index in [1.807, 2.05) is 65.1 Å². The maximum atomic E-state index is 14.3. The van der Waals surface area contributed by atoms with E-state index in [1.165, 1.54) is 26.1 Å². The van der Waals surface area contributed by atoms with Crippen LogP contribution in [0.1, 0.15) is 111 Å². The zero-order valence-electron chi connectivity index (χ0n) is 35.5. The molecule has 4 amide bonds. The lowest BCUT2D eigenvalue weighted by atomic mass is 10.0. The molecule has 0 aliphatic carbocycles. The van der Waals surface area contributed by atoms with Crippen LogP contribution in [-0.2, 0) is 59.4 Å². The van der Waals surface area contributed by atoms with E-state index in [9.17, 15) is 28.4 Å². The molecule has 3 atom stereocenters. The van der Waals surface area contributed by atoms with E-state index in [2.05, 4.69) is 26.3 Å². The first-order valence-electron chi connectivity index (χ1n) is 20.2. The van der Waals surface area contributed by atoms with Crippen LogP contribution in [0.15, 0.2) is 48.7 Å². The number of hydrogen-bond acceptors (Lipinski definition) is 9. The molecular weight excluding hydrogens is 758 g/mol. The molecule has 1 heterocycles. The molecule has 0 bridgehead atoms. The van der Waals surface area contributed by atoms with Crippen LogP contribution in [0, 0.1) is 5.82 Å². The van der Waals surface area contributed by atoms with Gasteiger partial charge in [0.15, 0.2) is 0 Å². The first kappa shape index (κ1) is 54.1. The Hall–Kier alpha value is -4.86. The summed E-state index contributed by atoms with van der Waals surface area (Å²) in [5.74, 6) is -1.84. The predicted molar refractivity (Wildman–Crippen MR) is 233 cm³/mol. The van der Waals surface area contributed by atoms with Gasteiger partial charge in [0.2, 0.25) is 23.6 Å². The molecule has 3 aromatic rings. The number of nitrogens with two attached hydrogens (primary N) is 3. The predicted octanol–water partition coefficient (Wildman–Crippen LogP) is 4.94. The highest BCUT2D eigenvalue weighted by Gasteiger charge is 2.25. The monoisotopic (exact) mass is 830 g/mol. The number of benzene rings is 2. The fraction of sp³-hybridized carbons (Fsp3) is 0.568. The minimum Gasteiger partial charge on any atom is -0.463 e. The molecule has 0 aliphatic rings. The number of nitrogens with zero attached hydrogens (tertiary/aromatic N) is 1. The van der Waals surface area contributed by atoms with Crippen molar-refractivity contribution in [1.29, 1.82) is 0 Å². The number of aryl methyl sites for hydroxylation is 1. The number of likely N-dealkylation sites (N-methyl/N-ethyl adjacent to an activating group) is 1. The molecule has 1 aromatic heterocycles. The Labute approximate surface area is 350 Å². The number of carbonyl (C=O) groups is 5. The standard InChI is InChI=1S/C34H49FN6O4.C7H14O2.C2H5NO.CH4/c1-4-23(2)45-22-32(42)39-20-25-11-9-10-24(16-25)17-29(37)33(43)40-30(34(44)38-3)18-26-21-41(15-8-6-5-7-14-36)31-13-12-27(35)19-28(26)31;1-4-5-7(8)9-6(2)3;1-2(3)4;/h9-13,16,19,21,23,29-30H,4-8,14-15,17-18,20,22,36-37H2,1-3H3,(H,38,44)(H,39,42)(H,40,43);6H,4-5H2,1-3H3;1H3,(H2,3,4);1H4/t23?,29?,30-;;;/m0.../s1. The molecule has 0 aliphatic heterocycles. The second-order valence-corrected chi connectivity index (χ2v) is 14.4. The number of unbranched alkanes of at least 4 members (excludes halogenated alkanes) is 3. The summed E-state index contributed by atoms with van der Waals surface area (Å²) in [5, 5.41) is 8.98.